The van der Waals surface area contributed by atoms with Gasteiger partial charge >= 0.3 is 0 Å². The molecule has 0 fully saturated rings. The Kier molecular flexibility index (Phi) is 3.48. The molecule has 0 saturated heterocycles. The van der Waals surface area contributed by atoms with Crippen LogP contribution >= 0.6 is 0 Å². The molecule has 0 saturated carbocycles. The molecule has 0 aliphatic rings. The Hall–Kier alpha value is -2.01. The molecule has 0 N–H and O–H groups in total. The molecule has 0 atom stereocenters. The number of carbonyl (C=O) groups excluding carboxylic acids is 1. The molecule has 19 heavy (non-hydrogen) atoms. The molecular weight excluding hydrogens is 267 g/mol. The van der Waals surface area contributed by atoms with E-state index in [9.17, 15) is 17.6 Å². The number of halogens is 1. The van der Waals surface area contributed by atoms with Gasteiger partial charge in [-0.2, -0.15) is 0 Å². The molecule has 98 valence electrons. The largest absolute Gasteiger partial charge is 0.298 e. The highest BCUT2D eigenvalue weighted by molar-refractivity contribution is 7.90. The van der Waals surface area contributed by atoms with Crippen LogP contribution in [-0.4, -0.2) is 21.0 Å². The third-order valence-corrected chi connectivity index (χ3v) is 3.87. The second-order valence-electron chi connectivity index (χ2n) is 4.15. The fourth-order valence-corrected chi connectivity index (χ4v) is 2.33. The van der Waals surface area contributed by atoms with Crippen LogP contribution in [0.15, 0.2) is 47.4 Å². The van der Waals surface area contributed by atoms with Gasteiger partial charge in [0.2, 0.25) is 0 Å². The maximum Gasteiger partial charge on any atom is 0.175 e. The van der Waals surface area contributed by atoms with Crippen LogP contribution in [0.3, 0.4) is 0 Å². The fourth-order valence-electron chi connectivity index (χ4n) is 1.70. The van der Waals surface area contributed by atoms with Crippen molar-refractivity contribution in [3.8, 4) is 11.1 Å². The predicted octanol–water partition coefficient (Wildman–Crippen LogP) is 2.71. The van der Waals surface area contributed by atoms with Gasteiger partial charge in [0.15, 0.2) is 16.1 Å². The van der Waals surface area contributed by atoms with Crippen LogP contribution in [0.25, 0.3) is 11.1 Å². The zero-order valence-electron chi connectivity index (χ0n) is 10.1. The first-order chi connectivity index (χ1) is 8.91. The van der Waals surface area contributed by atoms with E-state index in [1.807, 2.05) is 0 Å². The van der Waals surface area contributed by atoms with Gasteiger partial charge in [-0.1, -0.05) is 18.2 Å². The molecule has 0 heterocycles. The van der Waals surface area contributed by atoms with Gasteiger partial charge in [-0.3, -0.25) is 4.79 Å². The lowest BCUT2D eigenvalue weighted by atomic mass is 10.0. The summed E-state index contributed by atoms with van der Waals surface area (Å²) in [6.07, 6.45) is 1.58. The molecule has 0 bridgehead atoms. The zero-order valence-corrected chi connectivity index (χ0v) is 10.9. The summed E-state index contributed by atoms with van der Waals surface area (Å²) in [7, 11) is -3.24. The SMILES string of the molecule is CS(=O)(=O)c1ccc(-c2ccc(C=O)c(F)c2)cc1. The Morgan fingerprint density at radius 2 is 1.58 bits per heavy atom. The lowest BCUT2D eigenvalue weighted by Crippen LogP contribution is -1.96. The van der Waals surface area contributed by atoms with Crippen LogP contribution in [-0.2, 0) is 9.84 Å². The van der Waals surface area contributed by atoms with Crippen molar-refractivity contribution in [2.75, 3.05) is 6.26 Å². The third-order valence-electron chi connectivity index (χ3n) is 2.74. The second kappa shape index (κ2) is 4.93. The molecule has 0 amide bonds. The van der Waals surface area contributed by atoms with E-state index in [4.69, 9.17) is 0 Å². The van der Waals surface area contributed by atoms with Crippen molar-refractivity contribution in [3.63, 3.8) is 0 Å². The van der Waals surface area contributed by atoms with Gasteiger partial charge in [0, 0.05) is 6.26 Å². The van der Waals surface area contributed by atoms with E-state index in [2.05, 4.69) is 0 Å². The smallest absolute Gasteiger partial charge is 0.175 e. The van der Waals surface area contributed by atoms with Crippen LogP contribution in [0, 0.1) is 5.82 Å². The van der Waals surface area contributed by atoms with E-state index in [1.165, 1.54) is 24.3 Å². The van der Waals surface area contributed by atoms with Crippen LogP contribution in [0.5, 0.6) is 0 Å². The fraction of sp³-hybridized carbons (Fsp3) is 0.0714. The van der Waals surface area contributed by atoms with Gasteiger partial charge < -0.3 is 0 Å². The lowest BCUT2D eigenvalue weighted by Gasteiger charge is -2.04. The first kappa shape index (κ1) is 13.4. The number of carbonyl (C=O) groups is 1. The van der Waals surface area contributed by atoms with E-state index in [1.54, 1.807) is 18.2 Å². The molecule has 0 aliphatic heterocycles. The van der Waals surface area contributed by atoms with Crippen molar-refractivity contribution >= 4 is 16.1 Å². The highest BCUT2D eigenvalue weighted by Gasteiger charge is 2.08. The number of hydrogen-bond acceptors (Lipinski definition) is 3. The third kappa shape index (κ3) is 2.88. The van der Waals surface area contributed by atoms with Crippen molar-refractivity contribution in [2.45, 2.75) is 4.90 Å². The molecule has 0 aromatic heterocycles. The first-order valence-electron chi connectivity index (χ1n) is 5.47. The highest BCUT2D eigenvalue weighted by Crippen LogP contribution is 2.23. The van der Waals surface area contributed by atoms with Crippen LogP contribution in [0.1, 0.15) is 10.4 Å². The minimum Gasteiger partial charge on any atom is -0.298 e. The van der Waals surface area contributed by atoms with Gasteiger partial charge in [-0.25, -0.2) is 12.8 Å². The van der Waals surface area contributed by atoms with Crippen molar-refractivity contribution < 1.29 is 17.6 Å². The molecule has 2 aromatic carbocycles. The summed E-state index contributed by atoms with van der Waals surface area (Å²) in [5.41, 5.74) is 1.27. The maximum absolute atomic E-state index is 13.5. The Morgan fingerprint density at radius 3 is 2.05 bits per heavy atom. The molecular formula is C14H11FO3S. The van der Waals surface area contributed by atoms with Gasteiger partial charge in [-0.05, 0) is 35.4 Å². The summed E-state index contributed by atoms with van der Waals surface area (Å²) in [4.78, 5) is 10.7. The Labute approximate surface area is 110 Å². The van der Waals surface area contributed by atoms with E-state index in [0.717, 1.165) is 6.26 Å². The minimum absolute atomic E-state index is 0.00324. The summed E-state index contributed by atoms with van der Waals surface area (Å²) < 4.78 is 36.1. The van der Waals surface area contributed by atoms with Crippen molar-refractivity contribution in [1.82, 2.24) is 0 Å². The standard InChI is InChI=1S/C14H11FO3S/c1-19(17,18)13-6-4-10(5-7-13)11-2-3-12(9-16)14(15)8-11/h2-9H,1H3. The summed E-state index contributed by atoms with van der Waals surface area (Å²) in [5, 5.41) is 0. The average Bonchev–Trinajstić information content (AvgIpc) is 2.38. The van der Waals surface area contributed by atoms with Crippen molar-refractivity contribution in [2.24, 2.45) is 0 Å². The topological polar surface area (TPSA) is 51.2 Å². The Morgan fingerprint density at radius 1 is 1.00 bits per heavy atom. The summed E-state index contributed by atoms with van der Waals surface area (Å²) >= 11 is 0. The molecule has 0 radical (unpaired) electrons. The minimum atomic E-state index is -3.24. The summed E-state index contributed by atoms with van der Waals surface area (Å²) in [6, 6.07) is 10.4. The molecule has 3 nitrogen and oxygen atoms in total. The first-order valence-corrected chi connectivity index (χ1v) is 7.36. The van der Waals surface area contributed by atoms with Crippen molar-refractivity contribution in [3.05, 3.63) is 53.8 Å². The number of benzene rings is 2. The molecule has 2 rings (SSSR count). The maximum atomic E-state index is 13.5. The van der Waals surface area contributed by atoms with Crippen LogP contribution in [0.2, 0.25) is 0 Å². The van der Waals surface area contributed by atoms with E-state index >= 15 is 0 Å². The Balaban J connectivity index is 2.43. The zero-order chi connectivity index (χ0) is 14.0. The molecule has 2 aromatic rings. The highest BCUT2D eigenvalue weighted by atomic mass is 32.2. The molecule has 0 aliphatic carbocycles. The van der Waals surface area contributed by atoms with Gasteiger partial charge in [0.25, 0.3) is 0 Å². The predicted molar refractivity (Wildman–Crippen MR) is 70.3 cm³/mol. The molecule has 0 spiro atoms. The number of aldehydes is 1. The van der Waals surface area contributed by atoms with Crippen LogP contribution in [0.4, 0.5) is 4.39 Å². The normalized spacial score (nSPS) is 11.3. The van der Waals surface area contributed by atoms with E-state index in [-0.39, 0.29) is 10.5 Å². The van der Waals surface area contributed by atoms with E-state index < -0.39 is 15.7 Å². The monoisotopic (exact) mass is 278 g/mol. The van der Waals surface area contributed by atoms with Crippen LogP contribution < -0.4 is 0 Å². The Bertz CT molecular complexity index is 719. The quantitative estimate of drug-likeness (QED) is 0.811. The number of sulfone groups is 1. The number of hydrogen-bond donors (Lipinski definition) is 0. The molecule has 5 heteroatoms. The molecule has 0 unspecified atom stereocenters. The average molecular weight is 278 g/mol. The van der Waals surface area contributed by atoms with Crippen molar-refractivity contribution in [1.29, 1.82) is 0 Å². The number of rotatable bonds is 3. The van der Waals surface area contributed by atoms with E-state index in [0.29, 0.717) is 17.4 Å². The van der Waals surface area contributed by atoms with Gasteiger partial charge in [-0.15, -0.1) is 0 Å². The van der Waals surface area contributed by atoms with Gasteiger partial charge in [0.1, 0.15) is 5.82 Å². The summed E-state index contributed by atoms with van der Waals surface area (Å²) in [6.45, 7) is 0. The van der Waals surface area contributed by atoms with Gasteiger partial charge in [0.05, 0.1) is 10.5 Å². The second-order valence-corrected chi connectivity index (χ2v) is 6.17. The lowest BCUT2D eigenvalue weighted by molar-refractivity contribution is 0.112. The summed E-state index contributed by atoms with van der Waals surface area (Å²) in [5.74, 6) is -0.598.